The molecule has 0 bridgehead atoms. The number of hydrogen-bond acceptors (Lipinski definition) is 2. The zero-order valence-corrected chi connectivity index (χ0v) is 17.4. The maximum absolute atomic E-state index is 5.72. The van der Waals surface area contributed by atoms with Crippen molar-refractivity contribution in [2.24, 2.45) is 0 Å². The zero-order valence-electron chi connectivity index (χ0n) is 16.5. The number of aryl methyl sites for hydroxylation is 1. The van der Waals surface area contributed by atoms with Crippen LogP contribution in [0, 0.1) is 0 Å². The molecule has 0 saturated carbocycles. The van der Waals surface area contributed by atoms with Gasteiger partial charge < -0.3 is 4.74 Å². The van der Waals surface area contributed by atoms with Crippen molar-refractivity contribution >= 4 is 11.3 Å². The van der Waals surface area contributed by atoms with E-state index in [4.69, 9.17) is 4.74 Å². The van der Waals surface area contributed by atoms with Crippen molar-refractivity contribution in [1.29, 1.82) is 0 Å². The Morgan fingerprint density at radius 3 is 2.00 bits per heavy atom. The first-order valence-electron chi connectivity index (χ1n) is 10.2. The van der Waals surface area contributed by atoms with Gasteiger partial charge >= 0.3 is 0 Å². The summed E-state index contributed by atoms with van der Waals surface area (Å²) in [4.78, 5) is 1.26. The lowest BCUT2D eigenvalue weighted by atomic mass is 10.00. The van der Waals surface area contributed by atoms with E-state index in [9.17, 15) is 0 Å². The molecular formula is C25H30OS. The molecule has 0 aliphatic carbocycles. The van der Waals surface area contributed by atoms with E-state index in [1.807, 2.05) is 0 Å². The molecule has 0 saturated heterocycles. The van der Waals surface area contributed by atoms with E-state index in [1.165, 1.54) is 59.2 Å². The van der Waals surface area contributed by atoms with E-state index in [1.54, 1.807) is 11.3 Å². The molecular weight excluding hydrogens is 348 g/mol. The lowest BCUT2D eigenvalue weighted by Crippen LogP contribution is -1.91. The quantitative estimate of drug-likeness (QED) is 0.325. The third-order valence-corrected chi connectivity index (χ3v) is 5.85. The fraction of sp³-hybridized carbons (Fsp3) is 0.360. The number of ether oxygens (including phenoxy) is 1. The summed E-state index contributed by atoms with van der Waals surface area (Å²) < 4.78 is 5.72. The van der Waals surface area contributed by atoms with Gasteiger partial charge in [0.15, 0.2) is 5.06 Å². The highest BCUT2D eigenvalue weighted by Crippen LogP contribution is 2.34. The molecule has 0 aliphatic rings. The first-order chi connectivity index (χ1) is 13.3. The minimum atomic E-state index is 0.785. The fourth-order valence-corrected chi connectivity index (χ4v) is 4.09. The van der Waals surface area contributed by atoms with Crippen molar-refractivity contribution in [3.05, 3.63) is 66.2 Å². The Hall–Kier alpha value is -2.06. The smallest absolute Gasteiger partial charge is 0.174 e. The van der Waals surface area contributed by atoms with E-state index in [2.05, 4.69) is 74.5 Å². The monoisotopic (exact) mass is 378 g/mol. The molecule has 1 aromatic heterocycles. The van der Waals surface area contributed by atoms with Crippen LogP contribution in [0.5, 0.6) is 5.06 Å². The average molecular weight is 379 g/mol. The predicted molar refractivity (Wildman–Crippen MR) is 119 cm³/mol. The Morgan fingerprint density at radius 2 is 1.33 bits per heavy atom. The van der Waals surface area contributed by atoms with Crippen molar-refractivity contribution in [1.82, 2.24) is 0 Å². The molecule has 1 nitrogen and oxygen atoms in total. The molecule has 0 radical (unpaired) electrons. The Balaban J connectivity index is 1.62. The van der Waals surface area contributed by atoms with E-state index in [0.29, 0.717) is 0 Å². The molecule has 3 aromatic rings. The van der Waals surface area contributed by atoms with Crippen LogP contribution in [0.25, 0.3) is 21.6 Å². The minimum absolute atomic E-state index is 0.785. The van der Waals surface area contributed by atoms with Gasteiger partial charge in [-0.15, -0.1) is 0 Å². The molecule has 0 amide bonds. The summed E-state index contributed by atoms with van der Waals surface area (Å²) in [6, 6.07) is 22.2. The van der Waals surface area contributed by atoms with Gasteiger partial charge in [-0.3, -0.25) is 0 Å². The molecule has 0 unspecified atom stereocenters. The van der Waals surface area contributed by atoms with E-state index in [-0.39, 0.29) is 0 Å². The molecule has 2 aromatic carbocycles. The number of hydrogen-bond donors (Lipinski definition) is 0. The predicted octanol–water partition coefficient (Wildman–Crippen LogP) is 7.99. The second-order valence-electron chi connectivity index (χ2n) is 7.05. The van der Waals surface area contributed by atoms with Crippen LogP contribution in [0.1, 0.15) is 51.5 Å². The van der Waals surface area contributed by atoms with Crippen LogP contribution in [0.2, 0.25) is 0 Å². The van der Waals surface area contributed by atoms with Crippen molar-refractivity contribution in [2.75, 3.05) is 6.61 Å². The van der Waals surface area contributed by atoms with Gasteiger partial charge in [0, 0.05) is 4.88 Å². The van der Waals surface area contributed by atoms with Crippen LogP contribution >= 0.6 is 11.3 Å². The molecule has 142 valence electrons. The van der Waals surface area contributed by atoms with Gasteiger partial charge in [0.05, 0.1) is 6.61 Å². The Morgan fingerprint density at radius 1 is 0.667 bits per heavy atom. The molecule has 0 N–H and O–H groups in total. The molecule has 0 fully saturated rings. The molecule has 2 heteroatoms. The van der Waals surface area contributed by atoms with Gasteiger partial charge in [-0.25, -0.2) is 0 Å². The Labute approximate surface area is 168 Å². The van der Waals surface area contributed by atoms with Gasteiger partial charge in [0.25, 0.3) is 0 Å². The van der Waals surface area contributed by atoms with Crippen molar-refractivity contribution in [2.45, 2.75) is 52.4 Å². The lowest BCUT2D eigenvalue weighted by Gasteiger charge is -2.06. The maximum Gasteiger partial charge on any atom is 0.174 e. The van der Waals surface area contributed by atoms with Gasteiger partial charge in [0.1, 0.15) is 0 Å². The summed E-state index contributed by atoms with van der Waals surface area (Å²) in [7, 11) is 0. The van der Waals surface area contributed by atoms with E-state index >= 15 is 0 Å². The van der Waals surface area contributed by atoms with E-state index < -0.39 is 0 Å². The maximum atomic E-state index is 5.72. The highest BCUT2D eigenvalue weighted by atomic mass is 32.1. The standard InChI is InChI=1S/C25H30OS/c1-3-5-6-7-8-20-9-11-21(12-10-20)22-13-15-23(16-14-22)24-17-18-25(27-24)26-19-4-2/h9-18H,3-8,19H2,1-2H3. The summed E-state index contributed by atoms with van der Waals surface area (Å²) in [5.74, 6) is 0. The summed E-state index contributed by atoms with van der Waals surface area (Å²) in [5, 5.41) is 1.01. The lowest BCUT2D eigenvalue weighted by molar-refractivity contribution is 0.326. The third-order valence-electron chi connectivity index (χ3n) is 4.81. The second-order valence-corrected chi connectivity index (χ2v) is 8.10. The van der Waals surface area contributed by atoms with Crippen LogP contribution in [0.4, 0.5) is 0 Å². The van der Waals surface area contributed by atoms with Crippen LogP contribution in [-0.4, -0.2) is 6.61 Å². The average Bonchev–Trinajstić information content (AvgIpc) is 3.19. The van der Waals surface area contributed by atoms with Gasteiger partial charge in [-0.1, -0.05) is 93.0 Å². The summed E-state index contributed by atoms with van der Waals surface area (Å²) in [6.07, 6.45) is 7.52. The topological polar surface area (TPSA) is 9.23 Å². The van der Waals surface area contributed by atoms with Crippen LogP contribution < -0.4 is 4.74 Å². The van der Waals surface area contributed by atoms with Gasteiger partial charge in [0.2, 0.25) is 0 Å². The SMILES string of the molecule is CCCCCCc1ccc(-c2ccc(-c3ccc(OCCC)s3)cc2)cc1. The third kappa shape index (κ3) is 5.71. The van der Waals surface area contributed by atoms with Crippen LogP contribution in [-0.2, 0) is 6.42 Å². The molecule has 27 heavy (non-hydrogen) atoms. The Kier molecular flexibility index (Phi) is 7.53. The van der Waals surface area contributed by atoms with Gasteiger partial charge in [-0.05, 0) is 53.6 Å². The number of thiophene rings is 1. The molecule has 0 spiro atoms. The van der Waals surface area contributed by atoms with Crippen molar-refractivity contribution in [3.8, 4) is 26.6 Å². The highest BCUT2D eigenvalue weighted by molar-refractivity contribution is 7.17. The molecule has 0 aliphatic heterocycles. The van der Waals surface area contributed by atoms with Crippen LogP contribution in [0.15, 0.2) is 60.7 Å². The number of benzene rings is 2. The highest BCUT2D eigenvalue weighted by Gasteiger charge is 2.05. The Bertz CT molecular complexity index is 799. The minimum Gasteiger partial charge on any atom is -0.484 e. The van der Waals surface area contributed by atoms with E-state index in [0.717, 1.165) is 18.1 Å². The first-order valence-corrected chi connectivity index (χ1v) is 11.0. The van der Waals surface area contributed by atoms with Crippen LogP contribution in [0.3, 0.4) is 0 Å². The second kappa shape index (κ2) is 10.3. The number of unbranched alkanes of at least 4 members (excludes halogenated alkanes) is 3. The molecule has 3 rings (SSSR count). The first kappa shape index (κ1) is 19.7. The van der Waals surface area contributed by atoms with Crippen molar-refractivity contribution in [3.63, 3.8) is 0 Å². The summed E-state index contributed by atoms with van der Waals surface area (Å²) in [5.41, 5.74) is 5.26. The normalized spacial score (nSPS) is 10.9. The number of rotatable bonds is 10. The molecule has 0 atom stereocenters. The fourth-order valence-electron chi connectivity index (χ4n) is 3.20. The zero-order chi connectivity index (χ0) is 18.9. The summed E-state index contributed by atoms with van der Waals surface area (Å²) in [6.45, 7) is 5.18. The summed E-state index contributed by atoms with van der Waals surface area (Å²) >= 11 is 1.72. The largest absolute Gasteiger partial charge is 0.484 e. The van der Waals surface area contributed by atoms with Gasteiger partial charge in [-0.2, -0.15) is 0 Å². The van der Waals surface area contributed by atoms with Crippen molar-refractivity contribution < 1.29 is 4.74 Å². The molecule has 1 heterocycles.